The summed E-state index contributed by atoms with van der Waals surface area (Å²) in [6.45, 7) is 4.72. The lowest BCUT2D eigenvalue weighted by Gasteiger charge is -2.19. The van der Waals surface area contributed by atoms with E-state index in [2.05, 4.69) is 10.2 Å². The van der Waals surface area contributed by atoms with Gasteiger partial charge in [-0.05, 0) is 37.1 Å². The number of nitrogens with one attached hydrogen (secondary N) is 1. The SMILES string of the molecule is Cc1cccc(C)c1NC(=O)CCN(C)c1ccccc1. The van der Waals surface area contributed by atoms with Crippen LogP contribution < -0.4 is 10.2 Å². The zero-order valence-corrected chi connectivity index (χ0v) is 12.9. The van der Waals surface area contributed by atoms with Crippen LogP contribution in [0.25, 0.3) is 0 Å². The van der Waals surface area contributed by atoms with Crippen molar-refractivity contribution in [2.75, 3.05) is 23.8 Å². The summed E-state index contributed by atoms with van der Waals surface area (Å²) in [5.74, 6) is 0.0511. The Hall–Kier alpha value is -2.29. The van der Waals surface area contributed by atoms with E-state index in [9.17, 15) is 4.79 Å². The van der Waals surface area contributed by atoms with Gasteiger partial charge in [0, 0.05) is 31.4 Å². The highest BCUT2D eigenvalue weighted by atomic mass is 16.1. The van der Waals surface area contributed by atoms with Crippen LogP contribution in [0, 0.1) is 13.8 Å². The lowest BCUT2D eigenvalue weighted by atomic mass is 10.1. The molecule has 0 spiro atoms. The van der Waals surface area contributed by atoms with Crippen molar-refractivity contribution >= 4 is 17.3 Å². The molecule has 3 heteroatoms. The second-order valence-electron chi connectivity index (χ2n) is 5.32. The Morgan fingerprint density at radius 1 is 1.00 bits per heavy atom. The van der Waals surface area contributed by atoms with E-state index in [1.54, 1.807) is 0 Å². The average Bonchev–Trinajstić information content (AvgIpc) is 2.49. The molecule has 2 aromatic carbocycles. The molecule has 110 valence electrons. The normalized spacial score (nSPS) is 10.2. The number of carbonyl (C=O) groups excluding carboxylic acids is 1. The minimum atomic E-state index is 0.0511. The van der Waals surface area contributed by atoms with Gasteiger partial charge in [-0.2, -0.15) is 0 Å². The minimum Gasteiger partial charge on any atom is -0.374 e. The van der Waals surface area contributed by atoms with Gasteiger partial charge in [-0.3, -0.25) is 4.79 Å². The van der Waals surface area contributed by atoms with Crippen molar-refractivity contribution in [3.8, 4) is 0 Å². The summed E-state index contributed by atoms with van der Waals surface area (Å²) >= 11 is 0. The molecule has 0 saturated heterocycles. The van der Waals surface area contributed by atoms with E-state index in [0.717, 1.165) is 22.5 Å². The van der Waals surface area contributed by atoms with E-state index in [1.807, 2.05) is 69.4 Å². The van der Waals surface area contributed by atoms with Gasteiger partial charge in [0.05, 0.1) is 0 Å². The van der Waals surface area contributed by atoms with Crippen molar-refractivity contribution in [1.29, 1.82) is 0 Å². The molecule has 0 fully saturated rings. The molecule has 0 aliphatic carbocycles. The Kier molecular flexibility index (Phi) is 4.99. The van der Waals surface area contributed by atoms with Gasteiger partial charge in [-0.25, -0.2) is 0 Å². The Morgan fingerprint density at radius 3 is 2.24 bits per heavy atom. The third kappa shape index (κ3) is 4.09. The van der Waals surface area contributed by atoms with Gasteiger partial charge in [0.2, 0.25) is 5.91 Å². The van der Waals surface area contributed by atoms with Gasteiger partial charge in [-0.1, -0.05) is 36.4 Å². The van der Waals surface area contributed by atoms with E-state index in [1.165, 1.54) is 0 Å². The smallest absolute Gasteiger partial charge is 0.226 e. The van der Waals surface area contributed by atoms with Gasteiger partial charge in [0.15, 0.2) is 0 Å². The number of aryl methyl sites for hydroxylation is 2. The molecule has 1 amide bonds. The molecular weight excluding hydrogens is 260 g/mol. The van der Waals surface area contributed by atoms with Crippen LogP contribution in [0.4, 0.5) is 11.4 Å². The molecule has 3 nitrogen and oxygen atoms in total. The fourth-order valence-electron chi connectivity index (χ4n) is 2.29. The van der Waals surface area contributed by atoms with Crippen LogP contribution in [0.3, 0.4) is 0 Å². The zero-order chi connectivity index (χ0) is 15.2. The molecule has 0 saturated carbocycles. The number of para-hydroxylation sites is 2. The maximum absolute atomic E-state index is 12.1. The van der Waals surface area contributed by atoms with Crippen LogP contribution in [0.2, 0.25) is 0 Å². The summed E-state index contributed by atoms with van der Waals surface area (Å²) in [4.78, 5) is 14.2. The molecule has 2 rings (SSSR count). The fraction of sp³-hybridized carbons (Fsp3) is 0.278. The molecule has 2 aromatic rings. The summed E-state index contributed by atoms with van der Waals surface area (Å²) in [6, 6.07) is 16.1. The molecule has 1 N–H and O–H groups in total. The van der Waals surface area contributed by atoms with Crippen LogP contribution in [0.15, 0.2) is 48.5 Å². The summed E-state index contributed by atoms with van der Waals surface area (Å²) < 4.78 is 0. The van der Waals surface area contributed by atoms with Crippen LogP contribution in [0.5, 0.6) is 0 Å². The Morgan fingerprint density at radius 2 is 1.62 bits per heavy atom. The maximum Gasteiger partial charge on any atom is 0.226 e. The summed E-state index contributed by atoms with van der Waals surface area (Å²) in [5.41, 5.74) is 4.25. The first-order valence-electron chi connectivity index (χ1n) is 7.20. The number of benzene rings is 2. The average molecular weight is 282 g/mol. The number of carbonyl (C=O) groups is 1. The van der Waals surface area contributed by atoms with E-state index in [0.29, 0.717) is 13.0 Å². The molecule has 0 atom stereocenters. The molecule has 0 bridgehead atoms. The molecule has 0 aliphatic rings. The summed E-state index contributed by atoms with van der Waals surface area (Å²) in [6.07, 6.45) is 0.471. The van der Waals surface area contributed by atoms with Crippen LogP contribution in [-0.4, -0.2) is 19.5 Å². The second kappa shape index (κ2) is 6.93. The lowest BCUT2D eigenvalue weighted by molar-refractivity contribution is -0.116. The van der Waals surface area contributed by atoms with Crippen LogP contribution in [-0.2, 0) is 4.79 Å². The third-order valence-electron chi connectivity index (χ3n) is 3.62. The van der Waals surface area contributed by atoms with Gasteiger partial charge in [-0.15, -0.1) is 0 Å². The Bertz CT molecular complexity index is 588. The van der Waals surface area contributed by atoms with Crippen molar-refractivity contribution in [3.05, 3.63) is 59.7 Å². The first-order valence-corrected chi connectivity index (χ1v) is 7.20. The molecule has 0 aliphatic heterocycles. The Labute approximate surface area is 126 Å². The van der Waals surface area contributed by atoms with Crippen molar-refractivity contribution in [2.45, 2.75) is 20.3 Å². The number of amides is 1. The first kappa shape index (κ1) is 15.1. The van der Waals surface area contributed by atoms with Gasteiger partial charge < -0.3 is 10.2 Å². The highest BCUT2D eigenvalue weighted by Gasteiger charge is 2.08. The summed E-state index contributed by atoms with van der Waals surface area (Å²) in [7, 11) is 2.00. The van der Waals surface area contributed by atoms with Crippen molar-refractivity contribution in [3.63, 3.8) is 0 Å². The number of nitrogens with zero attached hydrogens (tertiary/aromatic N) is 1. The molecule has 0 unspecified atom stereocenters. The zero-order valence-electron chi connectivity index (χ0n) is 12.9. The monoisotopic (exact) mass is 282 g/mol. The quantitative estimate of drug-likeness (QED) is 0.905. The topological polar surface area (TPSA) is 32.3 Å². The van der Waals surface area contributed by atoms with E-state index >= 15 is 0 Å². The molecule has 0 heterocycles. The predicted octanol–water partition coefficient (Wildman–Crippen LogP) is 3.77. The van der Waals surface area contributed by atoms with E-state index in [-0.39, 0.29) is 5.91 Å². The van der Waals surface area contributed by atoms with Crippen LogP contribution in [0.1, 0.15) is 17.5 Å². The van der Waals surface area contributed by atoms with Crippen molar-refractivity contribution in [2.24, 2.45) is 0 Å². The standard InChI is InChI=1S/C18H22N2O/c1-14-8-7-9-15(2)18(14)19-17(21)12-13-20(3)16-10-5-4-6-11-16/h4-11H,12-13H2,1-3H3,(H,19,21). The highest BCUT2D eigenvalue weighted by Crippen LogP contribution is 2.19. The molecule has 0 radical (unpaired) electrons. The summed E-state index contributed by atoms with van der Waals surface area (Å²) in [5, 5.41) is 3.02. The second-order valence-corrected chi connectivity index (χ2v) is 5.32. The Balaban J connectivity index is 1.91. The first-order chi connectivity index (χ1) is 10.1. The van der Waals surface area contributed by atoms with Gasteiger partial charge in [0.25, 0.3) is 0 Å². The van der Waals surface area contributed by atoms with Crippen LogP contribution >= 0.6 is 0 Å². The van der Waals surface area contributed by atoms with E-state index < -0.39 is 0 Å². The number of rotatable bonds is 5. The number of hydrogen-bond donors (Lipinski definition) is 1. The van der Waals surface area contributed by atoms with E-state index in [4.69, 9.17) is 0 Å². The predicted molar refractivity (Wildman–Crippen MR) is 88.9 cm³/mol. The maximum atomic E-state index is 12.1. The molecular formula is C18H22N2O. The number of hydrogen-bond acceptors (Lipinski definition) is 2. The molecule has 21 heavy (non-hydrogen) atoms. The van der Waals surface area contributed by atoms with Gasteiger partial charge in [0.1, 0.15) is 0 Å². The largest absolute Gasteiger partial charge is 0.374 e. The minimum absolute atomic E-state index is 0.0511. The van der Waals surface area contributed by atoms with Crippen molar-refractivity contribution < 1.29 is 4.79 Å². The third-order valence-corrected chi connectivity index (χ3v) is 3.62. The molecule has 0 aromatic heterocycles. The fourth-order valence-corrected chi connectivity index (χ4v) is 2.29. The highest BCUT2D eigenvalue weighted by molar-refractivity contribution is 5.92. The van der Waals surface area contributed by atoms with Crippen molar-refractivity contribution in [1.82, 2.24) is 0 Å². The number of anilines is 2. The van der Waals surface area contributed by atoms with Gasteiger partial charge >= 0.3 is 0 Å². The lowest BCUT2D eigenvalue weighted by Crippen LogP contribution is -2.24.